The summed E-state index contributed by atoms with van der Waals surface area (Å²) in [5.74, 6) is 0. The molecule has 0 bridgehead atoms. The molecule has 0 aliphatic carbocycles. The van der Waals surface area contributed by atoms with E-state index < -0.39 is 12.3 Å². The fraction of sp³-hybridized carbons (Fsp3) is 0.889. The third kappa shape index (κ3) is 16.6. The van der Waals surface area contributed by atoms with E-state index in [1.54, 1.807) is 0 Å². The first-order chi connectivity index (χ1) is 12.6. The van der Waals surface area contributed by atoms with E-state index in [0.717, 1.165) is 26.2 Å². The first-order valence-corrected chi connectivity index (χ1v) is 9.61. The molecular weight excluding hydrogens is 376 g/mol. The molecule has 9 heteroatoms. The number of carbonyl (C=O) groups is 2. The minimum atomic E-state index is -0.658. The summed E-state index contributed by atoms with van der Waals surface area (Å²) in [4.78, 5) is 27.1. The number of likely N-dealkylation sites (N-methyl/N-ethyl adjacent to an activating group) is 2. The zero-order valence-corrected chi connectivity index (χ0v) is 18.1. The Kier molecular flexibility index (Phi) is 20.2. The summed E-state index contributed by atoms with van der Waals surface area (Å²) in [7, 11) is 0. The lowest BCUT2D eigenvalue weighted by Gasteiger charge is -2.17. The summed E-state index contributed by atoms with van der Waals surface area (Å²) in [6.07, 6.45) is -0.127. The van der Waals surface area contributed by atoms with Crippen LogP contribution in [0.5, 0.6) is 0 Å². The number of ether oxygens (including phenoxy) is 4. The highest BCUT2D eigenvalue weighted by atomic mass is 35.5. The fourth-order valence-corrected chi connectivity index (χ4v) is 2.19. The van der Waals surface area contributed by atoms with E-state index in [1.807, 2.05) is 0 Å². The second kappa shape index (κ2) is 19.5. The predicted molar refractivity (Wildman–Crippen MR) is 107 cm³/mol. The number of halogens is 1. The monoisotopic (exact) mass is 412 g/mol. The van der Waals surface area contributed by atoms with Crippen LogP contribution in [0.3, 0.4) is 0 Å². The van der Waals surface area contributed by atoms with Gasteiger partial charge in [0.1, 0.15) is 13.2 Å². The van der Waals surface area contributed by atoms with Crippen LogP contribution in [0.1, 0.15) is 40.5 Å². The van der Waals surface area contributed by atoms with Gasteiger partial charge in [-0.1, -0.05) is 27.7 Å². The number of hydrogen-bond donors (Lipinski definition) is 0. The molecule has 0 aromatic heterocycles. The van der Waals surface area contributed by atoms with E-state index in [4.69, 9.17) is 18.9 Å². The summed E-state index contributed by atoms with van der Waals surface area (Å²) in [5.41, 5.74) is 0. The highest BCUT2D eigenvalue weighted by Crippen LogP contribution is 1.97. The molecule has 162 valence electrons. The second-order valence-corrected chi connectivity index (χ2v) is 5.65. The molecule has 0 aromatic carbocycles. The van der Waals surface area contributed by atoms with Crippen LogP contribution in [0.25, 0.3) is 0 Å². The van der Waals surface area contributed by atoms with Gasteiger partial charge in [0.2, 0.25) is 0 Å². The first kappa shape index (κ1) is 28.0. The van der Waals surface area contributed by atoms with E-state index in [0.29, 0.717) is 39.1 Å². The highest BCUT2D eigenvalue weighted by molar-refractivity contribution is 5.85. The van der Waals surface area contributed by atoms with Crippen LogP contribution in [-0.2, 0) is 18.9 Å². The van der Waals surface area contributed by atoms with Gasteiger partial charge in [0.25, 0.3) is 0 Å². The van der Waals surface area contributed by atoms with Gasteiger partial charge in [-0.2, -0.15) is 0 Å². The van der Waals surface area contributed by atoms with E-state index >= 15 is 0 Å². The quantitative estimate of drug-likeness (QED) is 0.300. The zero-order chi connectivity index (χ0) is 19.6. The van der Waals surface area contributed by atoms with Gasteiger partial charge in [-0.3, -0.25) is 0 Å². The van der Waals surface area contributed by atoms with Crippen molar-refractivity contribution >= 4 is 24.7 Å². The van der Waals surface area contributed by atoms with Crippen LogP contribution >= 0.6 is 12.4 Å². The average molecular weight is 413 g/mol. The van der Waals surface area contributed by atoms with Gasteiger partial charge < -0.3 is 28.7 Å². The molecule has 0 amide bonds. The van der Waals surface area contributed by atoms with Gasteiger partial charge in [0.15, 0.2) is 0 Å². The molecule has 0 spiro atoms. The van der Waals surface area contributed by atoms with Crippen LogP contribution in [0, 0.1) is 0 Å². The van der Waals surface area contributed by atoms with Gasteiger partial charge in [-0.05, 0) is 39.0 Å². The Morgan fingerprint density at radius 3 is 1.19 bits per heavy atom. The molecule has 0 radical (unpaired) electrons. The van der Waals surface area contributed by atoms with Crippen molar-refractivity contribution in [2.45, 2.75) is 40.5 Å². The summed E-state index contributed by atoms with van der Waals surface area (Å²) in [5, 5.41) is 0. The largest absolute Gasteiger partial charge is 0.508 e. The van der Waals surface area contributed by atoms with Gasteiger partial charge in [0, 0.05) is 13.1 Å². The van der Waals surface area contributed by atoms with Crippen molar-refractivity contribution in [3.63, 3.8) is 0 Å². The lowest BCUT2D eigenvalue weighted by molar-refractivity contribution is 0.0382. The molecule has 0 rings (SSSR count). The fourth-order valence-electron chi connectivity index (χ4n) is 2.19. The topological polar surface area (TPSA) is 77.5 Å². The Morgan fingerprint density at radius 2 is 0.889 bits per heavy atom. The van der Waals surface area contributed by atoms with Crippen molar-refractivity contribution in [1.29, 1.82) is 0 Å². The summed E-state index contributed by atoms with van der Waals surface area (Å²) in [6, 6.07) is 0. The first-order valence-electron chi connectivity index (χ1n) is 9.61. The van der Waals surface area contributed by atoms with Crippen LogP contribution in [0.15, 0.2) is 0 Å². The van der Waals surface area contributed by atoms with E-state index in [9.17, 15) is 9.59 Å². The lowest BCUT2D eigenvalue weighted by Crippen LogP contribution is -2.28. The normalized spacial score (nSPS) is 10.4. The second-order valence-electron chi connectivity index (χ2n) is 5.65. The third-order valence-electron chi connectivity index (χ3n) is 4.02. The van der Waals surface area contributed by atoms with Crippen molar-refractivity contribution in [2.24, 2.45) is 0 Å². The maximum absolute atomic E-state index is 11.4. The number of nitrogens with zero attached hydrogens (tertiary/aromatic N) is 2. The van der Waals surface area contributed by atoms with Crippen molar-refractivity contribution in [3.8, 4) is 0 Å². The van der Waals surface area contributed by atoms with Crippen molar-refractivity contribution in [1.82, 2.24) is 9.80 Å². The van der Waals surface area contributed by atoms with Crippen molar-refractivity contribution in [3.05, 3.63) is 0 Å². The molecule has 0 aliphatic heterocycles. The highest BCUT2D eigenvalue weighted by Gasteiger charge is 2.07. The van der Waals surface area contributed by atoms with Crippen LogP contribution < -0.4 is 0 Å². The Balaban J connectivity index is 0. The minimum Gasteiger partial charge on any atom is -0.434 e. The Hall–Kier alpha value is -1.25. The molecule has 0 saturated heterocycles. The Bertz CT molecular complexity index is 332. The molecule has 0 atom stereocenters. The predicted octanol–water partition coefficient (Wildman–Crippen LogP) is 3.18. The standard InChI is InChI=1S/C18H36N2O6.ClH/c1-5-19(6-2)11-15-25-17(21)23-13-9-10-14-24-18(22)26-16-12-20(7-3)8-4;/h5-16H2,1-4H3;1H. The number of rotatable bonds is 15. The van der Waals surface area contributed by atoms with Crippen LogP contribution in [0.2, 0.25) is 0 Å². The smallest absolute Gasteiger partial charge is 0.434 e. The Labute approximate surface area is 169 Å². The van der Waals surface area contributed by atoms with Gasteiger partial charge >= 0.3 is 12.3 Å². The molecule has 0 unspecified atom stereocenters. The summed E-state index contributed by atoms with van der Waals surface area (Å²) < 4.78 is 19.9. The lowest BCUT2D eigenvalue weighted by atomic mass is 10.3. The van der Waals surface area contributed by atoms with Gasteiger partial charge in [-0.25, -0.2) is 9.59 Å². The van der Waals surface area contributed by atoms with E-state index in [2.05, 4.69) is 37.5 Å². The van der Waals surface area contributed by atoms with Crippen LogP contribution in [-0.4, -0.2) is 87.8 Å². The van der Waals surface area contributed by atoms with E-state index in [-0.39, 0.29) is 25.6 Å². The molecule has 27 heavy (non-hydrogen) atoms. The molecule has 0 saturated carbocycles. The summed E-state index contributed by atoms with van der Waals surface area (Å²) >= 11 is 0. The molecule has 0 N–H and O–H groups in total. The van der Waals surface area contributed by atoms with Crippen molar-refractivity contribution < 1.29 is 28.5 Å². The maximum Gasteiger partial charge on any atom is 0.508 e. The molecule has 0 aliphatic rings. The molecule has 0 fully saturated rings. The average Bonchev–Trinajstić information content (AvgIpc) is 2.65. The minimum absolute atomic E-state index is 0. The molecular formula is C18H37ClN2O6. The van der Waals surface area contributed by atoms with Crippen molar-refractivity contribution in [2.75, 3.05) is 65.7 Å². The number of hydrogen-bond acceptors (Lipinski definition) is 8. The molecule has 8 nitrogen and oxygen atoms in total. The maximum atomic E-state index is 11.4. The molecule has 0 heterocycles. The van der Waals surface area contributed by atoms with E-state index in [1.165, 1.54) is 0 Å². The number of carbonyl (C=O) groups excluding carboxylic acids is 2. The SMILES string of the molecule is CCN(CC)CCOC(=O)OCCCCOC(=O)OCCN(CC)CC.Cl. The summed E-state index contributed by atoms with van der Waals surface area (Å²) in [6.45, 7) is 14.5. The molecule has 0 aromatic rings. The van der Waals surface area contributed by atoms with Gasteiger partial charge in [0.05, 0.1) is 13.2 Å². The third-order valence-corrected chi connectivity index (χ3v) is 4.02. The zero-order valence-electron chi connectivity index (χ0n) is 17.2. The van der Waals surface area contributed by atoms with Gasteiger partial charge in [-0.15, -0.1) is 12.4 Å². The Morgan fingerprint density at radius 1 is 0.593 bits per heavy atom. The number of unbranched alkanes of at least 4 members (excludes halogenated alkanes) is 1. The van der Waals surface area contributed by atoms with Crippen LogP contribution in [0.4, 0.5) is 9.59 Å².